The normalized spacial score (nSPS) is 10.2. The van der Waals surface area contributed by atoms with E-state index >= 15 is 0 Å². The van der Waals surface area contributed by atoms with E-state index in [9.17, 15) is 9.90 Å². The lowest BCUT2D eigenvalue weighted by molar-refractivity contribution is -0.131. The largest absolute Gasteiger partial charge is 0.507 e. The van der Waals surface area contributed by atoms with Gasteiger partial charge in [-0.15, -0.1) is 0 Å². The molecular formula is C12H10O3. The zero-order chi connectivity index (χ0) is 10.8. The number of fused-ring (bicyclic) bond motifs is 1. The summed E-state index contributed by atoms with van der Waals surface area (Å²) in [6, 6.07) is 10.4. The molecule has 3 heteroatoms. The number of esters is 1. The van der Waals surface area contributed by atoms with Crippen LogP contribution in [0.3, 0.4) is 0 Å². The van der Waals surface area contributed by atoms with E-state index in [4.69, 9.17) is 4.74 Å². The first-order valence-electron chi connectivity index (χ1n) is 4.57. The Bertz CT molecular complexity index is 512. The zero-order valence-corrected chi connectivity index (χ0v) is 8.23. The Balaban J connectivity index is 2.68. The predicted octanol–water partition coefficient (Wildman–Crippen LogP) is 2.47. The molecule has 0 saturated carbocycles. The Kier molecular flexibility index (Phi) is 2.29. The summed E-state index contributed by atoms with van der Waals surface area (Å²) in [7, 11) is 0. The highest BCUT2D eigenvalue weighted by Crippen LogP contribution is 2.32. The van der Waals surface area contributed by atoms with E-state index in [1.54, 1.807) is 24.3 Å². The minimum absolute atomic E-state index is 0.115. The molecule has 0 aliphatic rings. The van der Waals surface area contributed by atoms with E-state index in [2.05, 4.69) is 0 Å². The van der Waals surface area contributed by atoms with Crippen molar-refractivity contribution in [1.29, 1.82) is 0 Å². The van der Waals surface area contributed by atoms with E-state index in [1.165, 1.54) is 6.92 Å². The van der Waals surface area contributed by atoms with Crippen LogP contribution in [0.5, 0.6) is 11.5 Å². The van der Waals surface area contributed by atoms with Crippen LogP contribution < -0.4 is 4.74 Å². The van der Waals surface area contributed by atoms with E-state index in [0.717, 1.165) is 5.39 Å². The molecule has 0 aliphatic heterocycles. The summed E-state index contributed by atoms with van der Waals surface area (Å²) >= 11 is 0. The Morgan fingerprint density at radius 3 is 2.53 bits per heavy atom. The second kappa shape index (κ2) is 3.61. The molecular weight excluding hydrogens is 192 g/mol. The molecule has 1 N–H and O–H groups in total. The predicted molar refractivity (Wildman–Crippen MR) is 56.9 cm³/mol. The van der Waals surface area contributed by atoms with Crippen LogP contribution in [-0.2, 0) is 4.79 Å². The summed E-state index contributed by atoms with van der Waals surface area (Å²) < 4.78 is 5.01. The molecule has 0 fully saturated rings. The number of benzene rings is 2. The van der Waals surface area contributed by atoms with Crippen LogP contribution in [0.4, 0.5) is 0 Å². The van der Waals surface area contributed by atoms with Gasteiger partial charge >= 0.3 is 5.97 Å². The lowest BCUT2D eigenvalue weighted by Gasteiger charge is -2.06. The molecule has 0 spiro atoms. The molecule has 0 bridgehead atoms. The van der Waals surface area contributed by atoms with E-state index in [0.29, 0.717) is 11.1 Å². The fraction of sp³-hybridized carbons (Fsp3) is 0.0833. The molecule has 76 valence electrons. The van der Waals surface area contributed by atoms with Crippen LogP contribution in [0.2, 0.25) is 0 Å². The third kappa shape index (κ3) is 1.76. The fourth-order valence-electron chi connectivity index (χ4n) is 1.53. The number of phenols is 1. The van der Waals surface area contributed by atoms with E-state index in [-0.39, 0.29) is 5.75 Å². The number of phenolic OH excluding ortho intramolecular Hbond substituents is 1. The maximum absolute atomic E-state index is 10.9. The molecule has 0 amide bonds. The number of aromatic hydroxyl groups is 1. The van der Waals surface area contributed by atoms with Gasteiger partial charge in [0.15, 0.2) is 0 Å². The molecule has 3 nitrogen and oxygen atoms in total. The lowest BCUT2D eigenvalue weighted by atomic mass is 10.1. The van der Waals surface area contributed by atoms with Gasteiger partial charge < -0.3 is 9.84 Å². The van der Waals surface area contributed by atoms with Crippen LogP contribution in [0.1, 0.15) is 6.92 Å². The minimum Gasteiger partial charge on any atom is -0.507 e. The molecule has 0 saturated heterocycles. The van der Waals surface area contributed by atoms with Gasteiger partial charge in [0, 0.05) is 6.92 Å². The fourth-order valence-corrected chi connectivity index (χ4v) is 1.53. The van der Waals surface area contributed by atoms with Crippen molar-refractivity contribution in [3.05, 3.63) is 36.4 Å². The van der Waals surface area contributed by atoms with Crippen LogP contribution in [0, 0.1) is 0 Å². The Morgan fingerprint density at radius 1 is 1.20 bits per heavy atom. The molecule has 0 aromatic heterocycles. The molecule has 2 rings (SSSR count). The second-order valence-corrected chi connectivity index (χ2v) is 3.23. The van der Waals surface area contributed by atoms with E-state index in [1.807, 2.05) is 12.1 Å². The summed E-state index contributed by atoms with van der Waals surface area (Å²) in [5.41, 5.74) is 0. The first kappa shape index (κ1) is 9.52. The second-order valence-electron chi connectivity index (χ2n) is 3.23. The van der Waals surface area contributed by atoms with Crippen molar-refractivity contribution in [2.75, 3.05) is 0 Å². The molecule has 15 heavy (non-hydrogen) atoms. The van der Waals surface area contributed by atoms with Crippen LogP contribution >= 0.6 is 0 Å². The summed E-state index contributed by atoms with van der Waals surface area (Å²) in [6.45, 7) is 1.33. The first-order chi connectivity index (χ1) is 7.18. The van der Waals surface area contributed by atoms with Crippen LogP contribution in [0.15, 0.2) is 36.4 Å². The smallest absolute Gasteiger partial charge is 0.308 e. The van der Waals surface area contributed by atoms with Crippen molar-refractivity contribution in [2.45, 2.75) is 6.92 Å². The van der Waals surface area contributed by atoms with Gasteiger partial charge in [0.05, 0.1) is 5.39 Å². The quantitative estimate of drug-likeness (QED) is 0.570. The van der Waals surface area contributed by atoms with Crippen LogP contribution in [-0.4, -0.2) is 11.1 Å². The third-order valence-electron chi connectivity index (χ3n) is 2.10. The van der Waals surface area contributed by atoms with Crippen molar-refractivity contribution in [3.8, 4) is 11.5 Å². The van der Waals surface area contributed by atoms with Gasteiger partial charge in [0.1, 0.15) is 11.5 Å². The van der Waals surface area contributed by atoms with Crippen molar-refractivity contribution in [1.82, 2.24) is 0 Å². The molecule has 2 aromatic rings. The van der Waals surface area contributed by atoms with Crippen molar-refractivity contribution < 1.29 is 14.6 Å². The lowest BCUT2D eigenvalue weighted by Crippen LogP contribution is -2.01. The Hall–Kier alpha value is -2.03. The van der Waals surface area contributed by atoms with Crippen molar-refractivity contribution >= 4 is 16.7 Å². The summed E-state index contributed by atoms with van der Waals surface area (Å²) in [6.07, 6.45) is 0. The average Bonchev–Trinajstić information content (AvgIpc) is 2.17. The van der Waals surface area contributed by atoms with Crippen molar-refractivity contribution in [2.24, 2.45) is 0 Å². The van der Waals surface area contributed by atoms with Crippen LogP contribution in [0.25, 0.3) is 10.8 Å². The molecule has 0 heterocycles. The number of rotatable bonds is 1. The van der Waals surface area contributed by atoms with Gasteiger partial charge in [-0.05, 0) is 17.5 Å². The molecule has 2 aromatic carbocycles. The number of ether oxygens (including phenoxy) is 1. The maximum Gasteiger partial charge on any atom is 0.308 e. The van der Waals surface area contributed by atoms with E-state index < -0.39 is 5.97 Å². The number of carbonyl (C=O) groups excluding carboxylic acids is 1. The Labute approximate surface area is 86.9 Å². The number of hydrogen-bond donors (Lipinski definition) is 1. The van der Waals surface area contributed by atoms with Crippen molar-refractivity contribution in [3.63, 3.8) is 0 Å². The summed E-state index contributed by atoms with van der Waals surface area (Å²) in [4.78, 5) is 10.9. The third-order valence-corrected chi connectivity index (χ3v) is 2.10. The average molecular weight is 202 g/mol. The highest BCUT2D eigenvalue weighted by atomic mass is 16.5. The van der Waals surface area contributed by atoms with Gasteiger partial charge in [0.2, 0.25) is 0 Å². The molecule has 0 atom stereocenters. The molecule has 0 radical (unpaired) electrons. The maximum atomic E-state index is 10.9. The highest BCUT2D eigenvalue weighted by molar-refractivity contribution is 5.94. The minimum atomic E-state index is -0.397. The number of carbonyl (C=O) groups is 1. The Morgan fingerprint density at radius 2 is 1.87 bits per heavy atom. The molecule has 0 unspecified atom stereocenters. The van der Waals surface area contributed by atoms with Gasteiger partial charge in [0.25, 0.3) is 0 Å². The SMILES string of the molecule is CC(=O)Oc1cccc2cccc(O)c12. The van der Waals surface area contributed by atoms with Gasteiger partial charge in [-0.1, -0.05) is 24.3 Å². The molecule has 0 aliphatic carbocycles. The summed E-state index contributed by atoms with van der Waals surface area (Å²) in [5.74, 6) is 0.105. The monoisotopic (exact) mass is 202 g/mol. The zero-order valence-electron chi connectivity index (χ0n) is 8.23. The van der Waals surface area contributed by atoms with Gasteiger partial charge in [-0.2, -0.15) is 0 Å². The van der Waals surface area contributed by atoms with Gasteiger partial charge in [-0.3, -0.25) is 4.79 Å². The topological polar surface area (TPSA) is 46.5 Å². The summed E-state index contributed by atoms with van der Waals surface area (Å²) in [5, 5.41) is 11.1. The first-order valence-corrected chi connectivity index (χ1v) is 4.57. The standard InChI is InChI=1S/C12H10O3/c1-8(13)15-11-7-3-5-9-4-2-6-10(14)12(9)11/h2-7,14H,1H3. The highest BCUT2D eigenvalue weighted by Gasteiger charge is 2.07. The number of hydrogen-bond acceptors (Lipinski definition) is 3. The van der Waals surface area contributed by atoms with Gasteiger partial charge in [-0.25, -0.2) is 0 Å².